The highest BCUT2D eigenvalue weighted by Gasteiger charge is 2.18. The molecule has 1 atom stereocenters. The minimum Gasteiger partial charge on any atom is -0.493 e. The Labute approximate surface area is 153 Å². The van der Waals surface area contributed by atoms with Crippen LogP contribution in [0.25, 0.3) is 0 Å². The quantitative estimate of drug-likeness (QED) is 0.821. The summed E-state index contributed by atoms with van der Waals surface area (Å²) in [7, 11) is 3.12. The maximum Gasteiger partial charge on any atom is 0.259 e. The number of carbonyl (C=O) groups excluding carboxylic acids is 1. The first-order valence-corrected chi connectivity index (χ1v) is 8.58. The van der Waals surface area contributed by atoms with Crippen molar-refractivity contribution in [2.45, 2.75) is 18.9 Å². The van der Waals surface area contributed by atoms with E-state index in [2.05, 4.69) is 5.32 Å². The van der Waals surface area contributed by atoms with Crippen LogP contribution in [0.3, 0.4) is 0 Å². The second kappa shape index (κ2) is 8.58. The Hall–Kier alpha value is -2.73. The molecule has 0 saturated carbocycles. The van der Waals surface area contributed by atoms with Crippen molar-refractivity contribution in [3.8, 4) is 17.2 Å². The van der Waals surface area contributed by atoms with E-state index in [1.165, 1.54) is 0 Å². The van der Waals surface area contributed by atoms with E-state index >= 15 is 0 Å². The monoisotopic (exact) mass is 357 g/mol. The van der Waals surface area contributed by atoms with Crippen LogP contribution >= 0.6 is 0 Å². The van der Waals surface area contributed by atoms with Crippen LogP contribution in [0.5, 0.6) is 17.2 Å². The first-order valence-electron chi connectivity index (χ1n) is 8.58. The van der Waals surface area contributed by atoms with Crippen LogP contribution in [0.2, 0.25) is 0 Å². The Morgan fingerprint density at radius 3 is 2.65 bits per heavy atom. The first kappa shape index (κ1) is 18.1. The zero-order valence-corrected chi connectivity index (χ0v) is 15.0. The summed E-state index contributed by atoms with van der Waals surface area (Å²) in [5, 5.41) is 2.87. The number of hydrogen-bond acceptors (Lipinski definition) is 5. The maximum atomic E-state index is 12.7. The van der Waals surface area contributed by atoms with Gasteiger partial charge in [0, 0.05) is 18.4 Å². The van der Waals surface area contributed by atoms with Crippen molar-refractivity contribution < 1.29 is 23.7 Å². The number of anilines is 1. The lowest BCUT2D eigenvalue weighted by molar-refractivity contribution is 0.0673. The number of carbonyl (C=O) groups is 1. The molecule has 1 heterocycles. The molecule has 6 heteroatoms. The summed E-state index contributed by atoms with van der Waals surface area (Å²) in [5.74, 6) is 1.44. The molecule has 0 bridgehead atoms. The number of hydrogen-bond donors (Lipinski definition) is 1. The van der Waals surface area contributed by atoms with Gasteiger partial charge in [0.15, 0.2) is 11.5 Å². The Bertz CT molecular complexity index is 756. The van der Waals surface area contributed by atoms with Gasteiger partial charge in [-0.15, -0.1) is 0 Å². The average Bonchev–Trinajstić information content (AvgIpc) is 3.20. The van der Waals surface area contributed by atoms with Crippen molar-refractivity contribution in [1.82, 2.24) is 0 Å². The summed E-state index contributed by atoms with van der Waals surface area (Å²) in [6.45, 7) is 1.22. The lowest BCUT2D eigenvalue weighted by Gasteiger charge is -2.15. The van der Waals surface area contributed by atoms with Crippen LogP contribution in [0.15, 0.2) is 42.5 Å². The van der Waals surface area contributed by atoms with Crippen molar-refractivity contribution in [2.24, 2.45) is 0 Å². The Morgan fingerprint density at radius 1 is 1.12 bits per heavy atom. The molecule has 1 saturated heterocycles. The minimum absolute atomic E-state index is 0.0944. The fourth-order valence-electron chi connectivity index (χ4n) is 2.85. The first-order chi connectivity index (χ1) is 12.7. The number of amides is 1. The fourth-order valence-corrected chi connectivity index (χ4v) is 2.85. The Kier molecular flexibility index (Phi) is 5.96. The van der Waals surface area contributed by atoms with Crippen LogP contribution in [-0.2, 0) is 4.74 Å². The fraction of sp³-hybridized carbons (Fsp3) is 0.350. The molecule has 0 aromatic heterocycles. The summed E-state index contributed by atoms with van der Waals surface area (Å²) in [4.78, 5) is 12.7. The molecule has 6 nitrogen and oxygen atoms in total. The van der Waals surface area contributed by atoms with Crippen LogP contribution in [0, 0.1) is 0 Å². The lowest BCUT2D eigenvalue weighted by Crippen LogP contribution is -2.19. The zero-order valence-electron chi connectivity index (χ0n) is 15.0. The van der Waals surface area contributed by atoms with Gasteiger partial charge >= 0.3 is 0 Å². The van der Waals surface area contributed by atoms with E-state index in [1.807, 2.05) is 12.1 Å². The Morgan fingerprint density at radius 2 is 1.92 bits per heavy atom. The van der Waals surface area contributed by atoms with Gasteiger partial charge in [0.2, 0.25) is 0 Å². The topological polar surface area (TPSA) is 66.0 Å². The van der Waals surface area contributed by atoms with Gasteiger partial charge < -0.3 is 24.3 Å². The van der Waals surface area contributed by atoms with Crippen molar-refractivity contribution in [2.75, 3.05) is 32.8 Å². The number of benzene rings is 2. The van der Waals surface area contributed by atoms with E-state index < -0.39 is 0 Å². The summed E-state index contributed by atoms with van der Waals surface area (Å²) in [6, 6.07) is 12.4. The SMILES string of the molecule is COc1ccc(NC(=O)c2ccccc2OCC2CCCO2)cc1OC. The third-order valence-corrected chi connectivity index (χ3v) is 4.22. The van der Waals surface area contributed by atoms with E-state index in [-0.39, 0.29) is 12.0 Å². The van der Waals surface area contributed by atoms with Crippen LogP contribution in [0.1, 0.15) is 23.2 Å². The third kappa shape index (κ3) is 4.26. The molecule has 3 rings (SSSR count). The average molecular weight is 357 g/mol. The smallest absolute Gasteiger partial charge is 0.259 e. The van der Waals surface area contributed by atoms with Gasteiger partial charge in [0.25, 0.3) is 5.91 Å². The molecular weight excluding hydrogens is 334 g/mol. The van der Waals surface area contributed by atoms with Crippen LogP contribution < -0.4 is 19.5 Å². The van der Waals surface area contributed by atoms with Gasteiger partial charge in [-0.3, -0.25) is 4.79 Å². The summed E-state index contributed by atoms with van der Waals surface area (Å²) >= 11 is 0. The van der Waals surface area contributed by atoms with E-state index in [4.69, 9.17) is 18.9 Å². The number of rotatable bonds is 7. The number of ether oxygens (including phenoxy) is 4. The normalized spacial score (nSPS) is 16.2. The molecule has 1 amide bonds. The summed E-state index contributed by atoms with van der Waals surface area (Å²) < 4.78 is 21.9. The van der Waals surface area contributed by atoms with Gasteiger partial charge in [0.1, 0.15) is 12.4 Å². The molecule has 0 spiro atoms. The predicted octanol–water partition coefficient (Wildman–Crippen LogP) is 3.51. The molecule has 0 radical (unpaired) electrons. The van der Waals surface area contributed by atoms with Crippen LogP contribution in [0.4, 0.5) is 5.69 Å². The summed E-state index contributed by atoms with van der Waals surface area (Å²) in [5.41, 5.74) is 1.09. The van der Waals surface area contributed by atoms with Crippen molar-refractivity contribution in [3.05, 3.63) is 48.0 Å². The van der Waals surface area contributed by atoms with E-state index in [9.17, 15) is 4.79 Å². The molecule has 2 aromatic rings. The minimum atomic E-state index is -0.250. The van der Waals surface area contributed by atoms with Gasteiger partial charge in [-0.25, -0.2) is 0 Å². The number of para-hydroxylation sites is 1. The molecule has 2 aromatic carbocycles. The van der Waals surface area contributed by atoms with Crippen molar-refractivity contribution in [1.29, 1.82) is 0 Å². The molecule has 138 valence electrons. The highest BCUT2D eigenvalue weighted by Crippen LogP contribution is 2.30. The van der Waals surface area contributed by atoms with Gasteiger partial charge in [0.05, 0.1) is 25.9 Å². The van der Waals surface area contributed by atoms with Crippen molar-refractivity contribution >= 4 is 11.6 Å². The zero-order chi connectivity index (χ0) is 18.4. The number of methoxy groups -OCH3 is 2. The Balaban J connectivity index is 1.71. The maximum absolute atomic E-state index is 12.7. The summed E-state index contributed by atoms with van der Waals surface area (Å²) in [6.07, 6.45) is 2.13. The van der Waals surface area contributed by atoms with E-state index in [1.54, 1.807) is 44.6 Å². The van der Waals surface area contributed by atoms with Crippen molar-refractivity contribution in [3.63, 3.8) is 0 Å². The molecule has 0 aliphatic carbocycles. The molecule has 26 heavy (non-hydrogen) atoms. The van der Waals surface area contributed by atoms with Gasteiger partial charge in [-0.2, -0.15) is 0 Å². The predicted molar refractivity (Wildman–Crippen MR) is 98.4 cm³/mol. The standard InChI is InChI=1S/C20H23NO5/c1-23-18-10-9-14(12-19(18)24-2)21-20(22)16-7-3-4-8-17(16)26-13-15-6-5-11-25-15/h3-4,7-10,12,15H,5-6,11,13H2,1-2H3,(H,21,22). The molecule has 1 unspecified atom stereocenters. The van der Waals surface area contributed by atoms with E-state index in [0.29, 0.717) is 35.1 Å². The van der Waals surface area contributed by atoms with E-state index in [0.717, 1.165) is 19.4 Å². The molecule has 1 N–H and O–H groups in total. The second-order valence-corrected chi connectivity index (χ2v) is 5.97. The lowest BCUT2D eigenvalue weighted by atomic mass is 10.1. The molecule has 1 fully saturated rings. The third-order valence-electron chi connectivity index (χ3n) is 4.22. The molecule has 1 aliphatic heterocycles. The largest absolute Gasteiger partial charge is 0.493 e. The molecular formula is C20H23NO5. The highest BCUT2D eigenvalue weighted by molar-refractivity contribution is 6.06. The second-order valence-electron chi connectivity index (χ2n) is 5.97. The van der Waals surface area contributed by atoms with Crippen LogP contribution in [-0.4, -0.2) is 39.4 Å². The van der Waals surface area contributed by atoms with Gasteiger partial charge in [-0.05, 0) is 37.1 Å². The number of nitrogens with one attached hydrogen (secondary N) is 1. The van der Waals surface area contributed by atoms with Gasteiger partial charge in [-0.1, -0.05) is 12.1 Å². The molecule has 1 aliphatic rings. The highest BCUT2D eigenvalue weighted by atomic mass is 16.5.